The van der Waals surface area contributed by atoms with E-state index in [0.717, 1.165) is 15.6 Å². The third kappa shape index (κ3) is 6.53. The number of rotatable bonds is 2. The van der Waals surface area contributed by atoms with Crippen LogP contribution in [0.2, 0.25) is 0 Å². The van der Waals surface area contributed by atoms with Crippen LogP contribution in [0.25, 0.3) is 0 Å². The first-order chi connectivity index (χ1) is 8.88. The van der Waals surface area contributed by atoms with Gasteiger partial charge >= 0.3 is 0 Å². The number of quaternary nitrogens is 1. The van der Waals surface area contributed by atoms with Crippen LogP contribution in [0.5, 0.6) is 0 Å². The van der Waals surface area contributed by atoms with Crippen LogP contribution < -0.4 is 0 Å². The van der Waals surface area contributed by atoms with E-state index in [4.69, 9.17) is 0 Å². The molecule has 2 heteroatoms. The quantitative estimate of drug-likeness (QED) is 0.595. The molecule has 0 N–H and O–H groups in total. The maximum absolute atomic E-state index is 11.8. The maximum Gasteiger partial charge on any atom is 0.193 e. The van der Waals surface area contributed by atoms with Crippen LogP contribution in [-0.2, 0) is 0 Å². The van der Waals surface area contributed by atoms with Gasteiger partial charge in [-0.05, 0) is 0 Å². The van der Waals surface area contributed by atoms with Gasteiger partial charge in [0.2, 0.25) is 0 Å². The van der Waals surface area contributed by atoms with E-state index < -0.39 is 0 Å². The van der Waals surface area contributed by atoms with Crippen LogP contribution in [-0.4, -0.2) is 38.5 Å². The Morgan fingerprint density at radius 1 is 0.684 bits per heavy atom. The molecule has 0 aliphatic rings. The van der Waals surface area contributed by atoms with Crippen molar-refractivity contribution in [2.75, 3.05) is 28.2 Å². The van der Waals surface area contributed by atoms with Gasteiger partial charge in [-0.2, -0.15) is 0 Å². The lowest BCUT2D eigenvalue weighted by atomic mass is 10.0. The number of ketones is 1. The number of carbonyl (C=O) groups excluding carboxylic acids is 1. The van der Waals surface area contributed by atoms with Crippen molar-refractivity contribution in [2.24, 2.45) is 0 Å². The Labute approximate surface area is 115 Å². The molecule has 19 heavy (non-hydrogen) atoms. The van der Waals surface area contributed by atoms with E-state index in [1.807, 2.05) is 60.7 Å². The topological polar surface area (TPSA) is 17.1 Å². The monoisotopic (exact) mass is 256 g/mol. The van der Waals surface area contributed by atoms with Crippen molar-refractivity contribution in [1.29, 1.82) is 0 Å². The molecule has 0 aliphatic carbocycles. The molecule has 0 amide bonds. The first-order valence-electron chi connectivity index (χ1n) is 6.31. The van der Waals surface area contributed by atoms with E-state index in [2.05, 4.69) is 28.2 Å². The summed E-state index contributed by atoms with van der Waals surface area (Å²) in [6.07, 6.45) is 0. The summed E-state index contributed by atoms with van der Waals surface area (Å²) in [4.78, 5) is 11.8. The molecular weight excluding hydrogens is 234 g/mol. The second kappa shape index (κ2) is 6.86. The average molecular weight is 256 g/mol. The summed E-state index contributed by atoms with van der Waals surface area (Å²) < 4.78 is 1.00. The highest BCUT2D eigenvalue weighted by Gasteiger charge is 2.06. The summed E-state index contributed by atoms with van der Waals surface area (Å²) >= 11 is 0. The van der Waals surface area contributed by atoms with Gasteiger partial charge in [0.15, 0.2) is 5.78 Å². The first kappa shape index (κ1) is 15.1. The van der Waals surface area contributed by atoms with Crippen LogP contribution in [0, 0.1) is 0 Å². The molecule has 0 atom stereocenters. The van der Waals surface area contributed by atoms with Crippen LogP contribution in [0.15, 0.2) is 60.7 Å². The highest BCUT2D eigenvalue weighted by Crippen LogP contribution is 2.08. The Bertz CT molecular complexity index is 450. The Morgan fingerprint density at radius 2 is 0.947 bits per heavy atom. The number of nitrogens with zero attached hydrogens (tertiary/aromatic N) is 1. The molecule has 0 aliphatic heterocycles. The third-order valence-corrected chi connectivity index (χ3v) is 2.07. The van der Waals surface area contributed by atoms with Gasteiger partial charge in [-0.1, -0.05) is 60.7 Å². The average Bonchev–Trinajstić information content (AvgIpc) is 2.38. The number of carbonyl (C=O) groups is 1. The fraction of sp³-hybridized carbons (Fsp3) is 0.235. The molecule has 2 aromatic carbocycles. The predicted octanol–water partition coefficient (Wildman–Crippen LogP) is 3.24. The number of benzene rings is 2. The Hall–Kier alpha value is -1.93. The molecule has 0 radical (unpaired) electrons. The fourth-order valence-electron chi connectivity index (χ4n) is 1.35. The largest absolute Gasteiger partial charge is 0.333 e. The summed E-state index contributed by atoms with van der Waals surface area (Å²) in [7, 11) is 8.50. The van der Waals surface area contributed by atoms with Gasteiger partial charge in [0.25, 0.3) is 0 Å². The van der Waals surface area contributed by atoms with E-state index in [0.29, 0.717) is 0 Å². The fourth-order valence-corrected chi connectivity index (χ4v) is 1.35. The molecule has 0 spiro atoms. The summed E-state index contributed by atoms with van der Waals surface area (Å²) in [6.45, 7) is 0. The molecule has 0 saturated carbocycles. The van der Waals surface area contributed by atoms with E-state index >= 15 is 0 Å². The maximum atomic E-state index is 11.8. The van der Waals surface area contributed by atoms with E-state index in [1.54, 1.807) is 0 Å². The van der Waals surface area contributed by atoms with Crippen molar-refractivity contribution < 1.29 is 9.28 Å². The van der Waals surface area contributed by atoms with Gasteiger partial charge in [-0.25, -0.2) is 0 Å². The lowest BCUT2D eigenvalue weighted by molar-refractivity contribution is -0.849. The smallest absolute Gasteiger partial charge is 0.193 e. The van der Waals surface area contributed by atoms with Crippen molar-refractivity contribution >= 4 is 5.78 Å². The minimum Gasteiger partial charge on any atom is -0.333 e. The summed E-state index contributed by atoms with van der Waals surface area (Å²) in [5, 5.41) is 0. The minimum atomic E-state index is 0.0752. The van der Waals surface area contributed by atoms with Crippen LogP contribution in [0.4, 0.5) is 0 Å². The lowest BCUT2D eigenvalue weighted by Gasteiger charge is -2.14. The van der Waals surface area contributed by atoms with Crippen molar-refractivity contribution in [3.8, 4) is 0 Å². The molecule has 100 valence electrons. The summed E-state index contributed by atoms with van der Waals surface area (Å²) in [5.74, 6) is 0.0752. The van der Waals surface area contributed by atoms with Crippen LogP contribution in [0.3, 0.4) is 0 Å². The second-order valence-corrected chi connectivity index (χ2v) is 5.74. The van der Waals surface area contributed by atoms with Crippen molar-refractivity contribution in [2.45, 2.75) is 0 Å². The normalized spacial score (nSPS) is 10.3. The molecule has 0 fully saturated rings. The number of hydrogen-bond acceptors (Lipinski definition) is 1. The minimum absolute atomic E-state index is 0.0752. The highest BCUT2D eigenvalue weighted by molar-refractivity contribution is 6.08. The van der Waals surface area contributed by atoms with E-state index in [9.17, 15) is 4.79 Å². The number of hydrogen-bond donors (Lipinski definition) is 0. The van der Waals surface area contributed by atoms with Gasteiger partial charge in [0.05, 0.1) is 28.2 Å². The SMILES string of the molecule is C[N+](C)(C)C.O=C(c1ccccc1)c1ccccc1. The highest BCUT2D eigenvalue weighted by atomic mass is 16.1. The first-order valence-corrected chi connectivity index (χ1v) is 6.31. The second-order valence-electron chi connectivity index (χ2n) is 5.74. The molecule has 0 heterocycles. The zero-order chi connectivity index (χ0) is 14.3. The Morgan fingerprint density at radius 3 is 1.21 bits per heavy atom. The van der Waals surface area contributed by atoms with Crippen molar-refractivity contribution in [1.82, 2.24) is 0 Å². The Kier molecular flexibility index (Phi) is 5.46. The van der Waals surface area contributed by atoms with Crippen LogP contribution in [0.1, 0.15) is 15.9 Å². The Balaban J connectivity index is 0.000000312. The molecule has 2 rings (SSSR count). The molecular formula is C17H22NO+. The zero-order valence-electron chi connectivity index (χ0n) is 12.1. The van der Waals surface area contributed by atoms with E-state index in [-0.39, 0.29) is 5.78 Å². The van der Waals surface area contributed by atoms with Gasteiger partial charge in [0, 0.05) is 11.1 Å². The standard InChI is InChI=1S/C13H10O.C4H12N/c14-13(11-7-3-1-4-8-11)12-9-5-2-6-10-12;1-5(2,3)4/h1-10H;1-4H3/q;+1. The summed E-state index contributed by atoms with van der Waals surface area (Å²) in [6, 6.07) is 18.6. The molecule has 0 bridgehead atoms. The molecule has 0 aromatic heterocycles. The molecule has 0 unspecified atom stereocenters. The van der Waals surface area contributed by atoms with Crippen molar-refractivity contribution in [3.05, 3.63) is 71.8 Å². The summed E-state index contributed by atoms with van der Waals surface area (Å²) in [5.41, 5.74) is 1.47. The van der Waals surface area contributed by atoms with Crippen LogP contribution >= 0.6 is 0 Å². The van der Waals surface area contributed by atoms with Gasteiger partial charge in [-0.15, -0.1) is 0 Å². The van der Waals surface area contributed by atoms with Gasteiger partial charge in [-0.3, -0.25) is 4.79 Å². The predicted molar refractivity (Wildman–Crippen MR) is 80.3 cm³/mol. The van der Waals surface area contributed by atoms with Gasteiger partial charge < -0.3 is 4.48 Å². The zero-order valence-corrected chi connectivity index (χ0v) is 12.1. The molecule has 0 saturated heterocycles. The lowest BCUT2D eigenvalue weighted by Crippen LogP contribution is -2.27. The molecule has 2 nitrogen and oxygen atoms in total. The van der Waals surface area contributed by atoms with E-state index in [1.165, 1.54) is 0 Å². The van der Waals surface area contributed by atoms with Gasteiger partial charge in [0.1, 0.15) is 0 Å². The molecule has 2 aromatic rings. The van der Waals surface area contributed by atoms with Crippen molar-refractivity contribution in [3.63, 3.8) is 0 Å². The third-order valence-electron chi connectivity index (χ3n) is 2.07.